The van der Waals surface area contributed by atoms with E-state index in [9.17, 15) is 14.4 Å². The van der Waals surface area contributed by atoms with Crippen molar-refractivity contribution in [1.29, 1.82) is 0 Å². The summed E-state index contributed by atoms with van der Waals surface area (Å²) in [5, 5.41) is 3.26. The Morgan fingerprint density at radius 2 is 2.12 bits per heavy atom. The van der Waals surface area contributed by atoms with Crippen LogP contribution in [0.5, 0.6) is 0 Å². The summed E-state index contributed by atoms with van der Waals surface area (Å²) in [6.45, 7) is 3.06. The van der Waals surface area contributed by atoms with Crippen molar-refractivity contribution in [1.82, 2.24) is 15.2 Å². The van der Waals surface area contributed by atoms with E-state index >= 15 is 0 Å². The van der Waals surface area contributed by atoms with Gasteiger partial charge in [-0.2, -0.15) is 0 Å². The fourth-order valence-electron chi connectivity index (χ4n) is 2.43. The van der Waals surface area contributed by atoms with E-state index in [-0.39, 0.29) is 6.61 Å². The molecule has 1 aliphatic heterocycles. The first-order valence-electron chi connectivity index (χ1n) is 7.57. The molecule has 1 fully saturated rings. The first-order chi connectivity index (χ1) is 11.4. The monoisotopic (exact) mass is 347 g/mol. The van der Waals surface area contributed by atoms with Gasteiger partial charge in [-0.05, 0) is 25.5 Å². The molecule has 2 aromatic rings. The lowest BCUT2D eigenvalue weighted by atomic mass is 9.99. The Bertz CT molecular complexity index is 786. The second-order valence-electron chi connectivity index (χ2n) is 5.74. The van der Waals surface area contributed by atoms with E-state index < -0.39 is 30.0 Å². The lowest BCUT2D eigenvalue weighted by molar-refractivity contribution is -0.148. The van der Waals surface area contributed by atoms with Crippen LogP contribution in [0.3, 0.4) is 0 Å². The molecule has 7 nitrogen and oxygen atoms in total. The van der Waals surface area contributed by atoms with Crippen LogP contribution >= 0.6 is 11.3 Å². The molecule has 1 aromatic heterocycles. The first kappa shape index (κ1) is 16.4. The fourth-order valence-corrected chi connectivity index (χ4v) is 3.31. The number of aromatic nitrogens is 1. The Kier molecular flexibility index (Phi) is 4.23. The SMILES string of the molecule is CC[C@]1(C)NC(=O)N(CC(=O)OCc2nc3ccccc3s2)C1=O. The maximum absolute atomic E-state index is 12.2. The molecular weight excluding hydrogens is 330 g/mol. The predicted octanol–water partition coefficient (Wildman–Crippen LogP) is 2.06. The summed E-state index contributed by atoms with van der Waals surface area (Å²) < 4.78 is 6.16. The van der Waals surface area contributed by atoms with Crippen molar-refractivity contribution < 1.29 is 19.1 Å². The normalized spacial score (nSPS) is 20.5. The van der Waals surface area contributed by atoms with Crippen molar-refractivity contribution in [3.8, 4) is 0 Å². The number of esters is 1. The maximum Gasteiger partial charge on any atom is 0.326 e. The zero-order chi connectivity index (χ0) is 17.3. The number of imide groups is 1. The summed E-state index contributed by atoms with van der Waals surface area (Å²) in [6.07, 6.45) is 0.453. The van der Waals surface area contributed by atoms with Crippen molar-refractivity contribution in [2.24, 2.45) is 0 Å². The minimum atomic E-state index is -0.954. The number of rotatable bonds is 5. The Labute approximate surface area is 142 Å². The minimum absolute atomic E-state index is 0.0207. The van der Waals surface area contributed by atoms with Crippen LogP contribution < -0.4 is 5.32 Å². The molecule has 0 unspecified atom stereocenters. The molecule has 1 atom stereocenters. The quantitative estimate of drug-likeness (QED) is 0.661. The summed E-state index contributed by atoms with van der Waals surface area (Å²) in [5.74, 6) is -1.05. The fraction of sp³-hybridized carbons (Fsp3) is 0.375. The summed E-state index contributed by atoms with van der Waals surface area (Å²) in [4.78, 5) is 41.3. The first-order valence-corrected chi connectivity index (χ1v) is 8.39. The summed E-state index contributed by atoms with van der Waals surface area (Å²) in [5.41, 5.74) is -0.105. The van der Waals surface area contributed by atoms with Gasteiger partial charge in [0.2, 0.25) is 0 Å². The molecule has 1 aromatic carbocycles. The molecule has 2 heterocycles. The molecule has 126 valence electrons. The molecule has 1 saturated heterocycles. The third-order valence-electron chi connectivity index (χ3n) is 4.03. The number of benzene rings is 1. The number of para-hydroxylation sites is 1. The molecule has 0 saturated carbocycles. The van der Waals surface area contributed by atoms with E-state index in [1.54, 1.807) is 13.8 Å². The Morgan fingerprint density at radius 3 is 2.79 bits per heavy atom. The van der Waals surface area contributed by atoms with Crippen molar-refractivity contribution in [3.63, 3.8) is 0 Å². The number of thiazole rings is 1. The van der Waals surface area contributed by atoms with Gasteiger partial charge < -0.3 is 10.1 Å². The van der Waals surface area contributed by atoms with Gasteiger partial charge in [-0.25, -0.2) is 9.78 Å². The van der Waals surface area contributed by atoms with Crippen LogP contribution in [0.25, 0.3) is 10.2 Å². The number of carbonyl (C=O) groups excluding carboxylic acids is 3. The Hall–Kier alpha value is -2.48. The molecule has 24 heavy (non-hydrogen) atoms. The molecule has 1 N–H and O–H groups in total. The van der Waals surface area contributed by atoms with Gasteiger partial charge in [0.05, 0.1) is 10.2 Å². The lowest BCUT2D eigenvalue weighted by Crippen LogP contribution is -2.43. The third kappa shape index (κ3) is 2.96. The third-order valence-corrected chi connectivity index (χ3v) is 5.04. The highest BCUT2D eigenvalue weighted by Crippen LogP contribution is 2.23. The van der Waals surface area contributed by atoms with Gasteiger partial charge in [0.15, 0.2) is 0 Å². The van der Waals surface area contributed by atoms with Crippen molar-refractivity contribution >= 4 is 39.5 Å². The second kappa shape index (κ2) is 6.20. The Morgan fingerprint density at radius 1 is 1.38 bits per heavy atom. The number of carbonyl (C=O) groups is 3. The van der Waals surface area contributed by atoms with Crippen LogP contribution in [0.4, 0.5) is 4.79 Å². The van der Waals surface area contributed by atoms with Crippen LogP contribution in [0, 0.1) is 0 Å². The summed E-state index contributed by atoms with van der Waals surface area (Å²) in [7, 11) is 0. The van der Waals surface area contributed by atoms with Crippen molar-refractivity contribution in [2.75, 3.05) is 6.54 Å². The van der Waals surface area contributed by atoms with Crippen molar-refractivity contribution in [3.05, 3.63) is 29.3 Å². The van der Waals surface area contributed by atoms with Crippen LogP contribution in [-0.4, -0.2) is 39.9 Å². The minimum Gasteiger partial charge on any atom is -0.457 e. The standard InChI is InChI=1S/C16H17N3O4S/c1-3-16(2)14(21)19(15(22)18-16)8-13(20)23-9-12-17-10-6-4-5-7-11(10)24-12/h4-7H,3,8-9H2,1-2H3,(H,18,22)/t16-/m0/s1. The highest BCUT2D eigenvalue weighted by atomic mass is 32.1. The van der Waals surface area contributed by atoms with E-state index in [4.69, 9.17) is 4.74 Å². The van der Waals surface area contributed by atoms with Crippen LogP contribution in [0.1, 0.15) is 25.3 Å². The van der Waals surface area contributed by atoms with Crippen LogP contribution in [0.2, 0.25) is 0 Å². The molecule has 8 heteroatoms. The topological polar surface area (TPSA) is 88.6 Å². The van der Waals surface area contributed by atoms with Gasteiger partial charge >= 0.3 is 12.0 Å². The smallest absolute Gasteiger partial charge is 0.326 e. The average Bonchev–Trinajstić information content (AvgIpc) is 3.07. The summed E-state index contributed by atoms with van der Waals surface area (Å²) >= 11 is 1.44. The van der Waals surface area contributed by atoms with Crippen molar-refractivity contribution in [2.45, 2.75) is 32.4 Å². The zero-order valence-electron chi connectivity index (χ0n) is 13.4. The number of hydrogen-bond acceptors (Lipinski definition) is 6. The van der Waals surface area contributed by atoms with E-state index in [2.05, 4.69) is 10.3 Å². The zero-order valence-corrected chi connectivity index (χ0v) is 14.2. The molecule has 1 aliphatic rings. The van der Waals surface area contributed by atoms with Gasteiger partial charge in [0, 0.05) is 0 Å². The maximum atomic E-state index is 12.2. The predicted molar refractivity (Wildman–Crippen MR) is 88.4 cm³/mol. The lowest BCUT2D eigenvalue weighted by Gasteiger charge is -2.18. The number of nitrogens with one attached hydrogen (secondary N) is 1. The number of urea groups is 1. The highest BCUT2D eigenvalue weighted by molar-refractivity contribution is 7.18. The number of nitrogens with zero attached hydrogens (tertiary/aromatic N) is 2. The average molecular weight is 347 g/mol. The molecule has 0 bridgehead atoms. The van der Waals surface area contributed by atoms with E-state index in [0.29, 0.717) is 11.4 Å². The van der Waals surface area contributed by atoms with Gasteiger partial charge in [-0.15, -0.1) is 11.3 Å². The second-order valence-corrected chi connectivity index (χ2v) is 6.86. The number of ether oxygens (including phenoxy) is 1. The number of amides is 3. The van der Waals surface area contributed by atoms with E-state index in [0.717, 1.165) is 15.1 Å². The van der Waals surface area contributed by atoms with Gasteiger partial charge in [-0.3, -0.25) is 14.5 Å². The summed E-state index contributed by atoms with van der Waals surface area (Å²) in [6, 6.07) is 7.06. The molecule has 0 aliphatic carbocycles. The largest absolute Gasteiger partial charge is 0.457 e. The Balaban J connectivity index is 1.60. The van der Waals surface area contributed by atoms with Crippen LogP contribution in [0.15, 0.2) is 24.3 Å². The molecular formula is C16H17N3O4S. The highest BCUT2D eigenvalue weighted by Gasteiger charge is 2.47. The number of fused-ring (bicyclic) bond motifs is 1. The molecule has 0 radical (unpaired) electrons. The van der Waals surface area contributed by atoms with Gasteiger partial charge in [-0.1, -0.05) is 19.1 Å². The van der Waals surface area contributed by atoms with E-state index in [1.807, 2.05) is 24.3 Å². The van der Waals surface area contributed by atoms with Crippen LogP contribution in [-0.2, 0) is 20.9 Å². The molecule has 3 rings (SSSR count). The van der Waals surface area contributed by atoms with E-state index in [1.165, 1.54) is 11.3 Å². The molecule has 0 spiro atoms. The molecule has 3 amide bonds. The van der Waals surface area contributed by atoms with Gasteiger partial charge in [0.25, 0.3) is 5.91 Å². The van der Waals surface area contributed by atoms with Gasteiger partial charge in [0.1, 0.15) is 23.7 Å². The number of hydrogen-bond donors (Lipinski definition) is 1.